The Morgan fingerprint density at radius 2 is 2.06 bits per heavy atom. The Morgan fingerprint density at radius 1 is 1.38 bits per heavy atom. The van der Waals surface area contributed by atoms with Gasteiger partial charge in [-0.2, -0.15) is 0 Å². The number of rotatable bonds is 4. The van der Waals surface area contributed by atoms with E-state index >= 15 is 0 Å². The number of carbonyl (C=O) groups excluding carboxylic acids is 1. The summed E-state index contributed by atoms with van der Waals surface area (Å²) in [6, 6.07) is 8.06. The van der Waals surface area contributed by atoms with Crippen LogP contribution in [0, 0.1) is 0 Å². The molecule has 16 heavy (non-hydrogen) atoms. The molecule has 0 aromatic heterocycles. The fourth-order valence-corrected chi connectivity index (χ4v) is 1.54. The van der Waals surface area contributed by atoms with E-state index < -0.39 is 0 Å². The molecule has 2 heteroatoms. The van der Waals surface area contributed by atoms with Gasteiger partial charge in [-0.1, -0.05) is 38.1 Å². The van der Waals surface area contributed by atoms with E-state index in [9.17, 15) is 4.79 Å². The van der Waals surface area contributed by atoms with Crippen LogP contribution >= 0.6 is 0 Å². The first-order valence-electron chi connectivity index (χ1n) is 5.59. The SMILES string of the molecule is CCOC(=O)C=Cc1ccccc1C(C)C. The number of ether oxygens (including phenoxy) is 1. The lowest BCUT2D eigenvalue weighted by molar-refractivity contribution is -0.137. The number of carbonyl (C=O) groups is 1. The van der Waals surface area contributed by atoms with Gasteiger partial charge in [0.25, 0.3) is 0 Å². The van der Waals surface area contributed by atoms with Crippen LogP contribution in [0.15, 0.2) is 30.3 Å². The summed E-state index contributed by atoms with van der Waals surface area (Å²) < 4.78 is 4.84. The highest BCUT2D eigenvalue weighted by Gasteiger charge is 2.03. The van der Waals surface area contributed by atoms with Crippen LogP contribution in [-0.4, -0.2) is 12.6 Å². The minimum absolute atomic E-state index is 0.291. The van der Waals surface area contributed by atoms with Crippen LogP contribution in [0.1, 0.15) is 37.8 Å². The summed E-state index contributed by atoms with van der Waals surface area (Å²) in [6.45, 7) is 6.48. The minimum atomic E-state index is -0.291. The second kappa shape index (κ2) is 6.11. The molecule has 1 aromatic carbocycles. The van der Waals surface area contributed by atoms with Crippen molar-refractivity contribution in [2.75, 3.05) is 6.61 Å². The van der Waals surface area contributed by atoms with Crippen molar-refractivity contribution in [1.82, 2.24) is 0 Å². The maximum atomic E-state index is 11.2. The molecule has 0 heterocycles. The Labute approximate surface area is 96.9 Å². The van der Waals surface area contributed by atoms with E-state index in [4.69, 9.17) is 4.74 Å². The first kappa shape index (κ1) is 12.5. The van der Waals surface area contributed by atoms with Crippen molar-refractivity contribution in [1.29, 1.82) is 0 Å². The molecule has 0 unspecified atom stereocenters. The molecule has 0 radical (unpaired) electrons. The van der Waals surface area contributed by atoms with Gasteiger partial charge in [0.1, 0.15) is 0 Å². The molecule has 1 aromatic rings. The Kier molecular flexibility index (Phi) is 4.77. The van der Waals surface area contributed by atoms with Crippen LogP contribution in [0.2, 0.25) is 0 Å². The third-order valence-electron chi connectivity index (χ3n) is 2.30. The molecule has 1 rings (SSSR count). The van der Waals surface area contributed by atoms with E-state index in [0.717, 1.165) is 5.56 Å². The maximum absolute atomic E-state index is 11.2. The smallest absolute Gasteiger partial charge is 0.330 e. The molecule has 0 spiro atoms. The lowest BCUT2D eigenvalue weighted by atomic mass is 9.97. The molecule has 0 aliphatic carbocycles. The molecule has 2 nitrogen and oxygen atoms in total. The van der Waals surface area contributed by atoms with Gasteiger partial charge in [-0.25, -0.2) is 4.79 Å². The van der Waals surface area contributed by atoms with Crippen LogP contribution in [0.25, 0.3) is 6.08 Å². The molecule has 0 bridgehead atoms. The van der Waals surface area contributed by atoms with Crippen molar-refractivity contribution in [2.45, 2.75) is 26.7 Å². The molecule has 0 saturated carbocycles. The topological polar surface area (TPSA) is 26.3 Å². The van der Waals surface area contributed by atoms with Gasteiger partial charge in [-0.3, -0.25) is 0 Å². The third kappa shape index (κ3) is 3.54. The summed E-state index contributed by atoms with van der Waals surface area (Å²) in [5, 5.41) is 0. The first-order chi connectivity index (χ1) is 7.65. The quantitative estimate of drug-likeness (QED) is 0.572. The van der Waals surface area contributed by atoms with Gasteiger partial charge in [0, 0.05) is 6.08 Å². The summed E-state index contributed by atoms with van der Waals surface area (Å²) in [5.41, 5.74) is 2.31. The molecule has 0 aliphatic rings. The van der Waals surface area contributed by atoms with Crippen molar-refractivity contribution in [3.8, 4) is 0 Å². The Balaban J connectivity index is 2.84. The summed E-state index contributed by atoms with van der Waals surface area (Å²) in [4.78, 5) is 11.2. The molecule has 86 valence electrons. The summed E-state index contributed by atoms with van der Waals surface area (Å²) >= 11 is 0. The normalized spacial score (nSPS) is 11.0. The van der Waals surface area contributed by atoms with Crippen LogP contribution in [0.5, 0.6) is 0 Å². The van der Waals surface area contributed by atoms with Gasteiger partial charge in [-0.15, -0.1) is 0 Å². The zero-order valence-corrected chi connectivity index (χ0v) is 10.1. The zero-order valence-electron chi connectivity index (χ0n) is 10.1. The molecule has 0 N–H and O–H groups in total. The Hall–Kier alpha value is -1.57. The maximum Gasteiger partial charge on any atom is 0.330 e. The molecule has 0 saturated heterocycles. The van der Waals surface area contributed by atoms with Crippen molar-refractivity contribution < 1.29 is 9.53 Å². The fraction of sp³-hybridized carbons (Fsp3) is 0.357. The molecular formula is C14H18O2. The van der Waals surface area contributed by atoms with Gasteiger partial charge >= 0.3 is 5.97 Å². The van der Waals surface area contributed by atoms with Gasteiger partial charge in [0.15, 0.2) is 0 Å². The van der Waals surface area contributed by atoms with Crippen LogP contribution in [0.4, 0.5) is 0 Å². The standard InChI is InChI=1S/C14H18O2/c1-4-16-14(15)10-9-12-7-5-6-8-13(12)11(2)3/h5-11H,4H2,1-3H3. The van der Waals surface area contributed by atoms with E-state index in [-0.39, 0.29) is 5.97 Å². The number of hydrogen-bond donors (Lipinski definition) is 0. The van der Waals surface area contributed by atoms with Gasteiger partial charge < -0.3 is 4.74 Å². The lowest BCUT2D eigenvalue weighted by Gasteiger charge is -2.08. The minimum Gasteiger partial charge on any atom is -0.463 e. The second-order valence-corrected chi connectivity index (χ2v) is 3.87. The number of benzene rings is 1. The van der Waals surface area contributed by atoms with Crippen molar-refractivity contribution >= 4 is 12.0 Å². The largest absolute Gasteiger partial charge is 0.463 e. The van der Waals surface area contributed by atoms with Gasteiger partial charge in [-0.05, 0) is 30.0 Å². The van der Waals surface area contributed by atoms with E-state index in [1.807, 2.05) is 24.3 Å². The number of hydrogen-bond acceptors (Lipinski definition) is 2. The fourth-order valence-electron chi connectivity index (χ4n) is 1.54. The number of esters is 1. The molecular weight excluding hydrogens is 200 g/mol. The second-order valence-electron chi connectivity index (χ2n) is 3.87. The first-order valence-corrected chi connectivity index (χ1v) is 5.59. The average Bonchev–Trinajstić information content (AvgIpc) is 2.27. The molecule has 0 atom stereocenters. The van der Waals surface area contributed by atoms with Crippen molar-refractivity contribution in [3.05, 3.63) is 41.5 Å². The van der Waals surface area contributed by atoms with Gasteiger partial charge in [0.05, 0.1) is 6.61 Å². The van der Waals surface area contributed by atoms with Crippen molar-refractivity contribution in [2.24, 2.45) is 0 Å². The Bertz CT molecular complexity index is 378. The Morgan fingerprint density at radius 3 is 2.69 bits per heavy atom. The molecule has 0 fully saturated rings. The van der Waals surface area contributed by atoms with Crippen LogP contribution < -0.4 is 0 Å². The van der Waals surface area contributed by atoms with Gasteiger partial charge in [0.2, 0.25) is 0 Å². The highest BCUT2D eigenvalue weighted by molar-refractivity contribution is 5.87. The predicted octanol–water partition coefficient (Wildman–Crippen LogP) is 3.39. The molecule has 0 amide bonds. The third-order valence-corrected chi connectivity index (χ3v) is 2.30. The highest BCUT2D eigenvalue weighted by Crippen LogP contribution is 2.20. The van der Waals surface area contributed by atoms with Crippen LogP contribution in [0.3, 0.4) is 0 Å². The predicted molar refractivity (Wildman–Crippen MR) is 66.2 cm³/mol. The average molecular weight is 218 g/mol. The van der Waals surface area contributed by atoms with Crippen LogP contribution in [-0.2, 0) is 9.53 Å². The molecule has 0 aliphatic heterocycles. The highest BCUT2D eigenvalue weighted by atomic mass is 16.5. The van der Waals surface area contributed by atoms with Crippen molar-refractivity contribution in [3.63, 3.8) is 0 Å². The van der Waals surface area contributed by atoms with E-state index in [2.05, 4.69) is 19.9 Å². The monoisotopic (exact) mass is 218 g/mol. The zero-order chi connectivity index (χ0) is 12.0. The van der Waals surface area contributed by atoms with E-state index in [0.29, 0.717) is 12.5 Å². The lowest BCUT2D eigenvalue weighted by Crippen LogP contribution is -1.99. The summed E-state index contributed by atoms with van der Waals surface area (Å²) in [5.74, 6) is 0.157. The van der Waals surface area contributed by atoms with E-state index in [1.165, 1.54) is 11.6 Å². The summed E-state index contributed by atoms with van der Waals surface area (Å²) in [7, 11) is 0. The summed E-state index contributed by atoms with van der Waals surface area (Å²) in [6.07, 6.45) is 3.29. The van der Waals surface area contributed by atoms with E-state index in [1.54, 1.807) is 6.92 Å².